The van der Waals surface area contributed by atoms with Crippen molar-refractivity contribution in [1.82, 2.24) is 0 Å². The van der Waals surface area contributed by atoms with E-state index in [4.69, 9.17) is 9.31 Å². The van der Waals surface area contributed by atoms with Crippen LogP contribution in [0.5, 0.6) is 0 Å². The smallest absolute Gasteiger partial charge is 0.399 e. The predicted molar refractivity (Wildman–Crippen MR) is 84.6 cm³/mol. The Balaban J connectivity index is 1.89. The zero-order chi connectivity index (χ0) is 17.9. The first kappa shape index (κ1) is 17.3. The van der Waals surface area contributed by atoms with Crippen molar-refractivity contribution in [1.29, 1.82) is 0 Å². The maximum absolute atomic E-state index is 12.8. The molecule has 8 heteroatoms. The minimum absolute atomic E-state index is 0.189. The third kappa shape index (κ3) is 2.82. The number of anilines is 1. The average molecular weight is 341 g/mol. The van der Waals surface area contributed by atoms with Crippen molar-refractivity contribution in [3.63, 3.8) is 0 Å². The van der Waals surface area contributed by atoms with E-state index in [0.717, 1.165) is 0 Å². The molecule has 0 saturated carbocycles. The summed E-state index contributed by atoms with van der Waals surface area (Å²) in [5, 5.41) is 2.39. The van der Waals surface area contributed by atoms with E-state index in [9.17, 15) is 18.0 Å². The summed E-state index contributed by atoms with van der Waals surface area (Å²) >= 11 is 0. The van der Waals surface area contributed by atoms with E-state index in [-0.39, 0.29) is 11.3 Å². The van der Waals surface area contributed by atoms with Crippen molar-refractivity contribution in [2.24, 2.45) is 0 Å². The van der Waals surface area contributed by atoms with Gasteiger partial charge in [-0.15, -0.1) is 0 Å². The highest BCUT2D eigenvalue weighted by molar-refractivity contribution is 6.62. The third-order valence-electron chi connectivity index (χ3n) is 4.98. The van der Waals surface area contributed by atoms with Gasteiger partial charge in [0.15, 0.2) is 5.78 Å². The lowest BCUT2D eigenvalue weighted by atomic mass is 9.77. The lowest BCUT2D eigenvalue weighted by molar-refractivity contribution is -0.142. The van der Waals surface area contributed by atoms with E-state index in [1.165, 1.54) is 6.07 Å². The molecular weight excluding hydrogens is 322 g/mol. The maximum Gasteiger partial charge on any atom is 0.494 e. The van der Waals surface area contributed by atoms with Crippen LogP contribution in [0.15, 0.2) is 18.2 Å². The van der Waals surface area contributed by atoms with Crippen LogP contribution in [0.2, 0.25) is 0 Å². The molecule has 0 bridgehead atoms. The molecule has 24 heavy (non-hydrogen) atoms. The van der Waals surface area contributed by atoms with Crippen molar-refractivity contribution < 1.29 is 27.3 Å². The second-order valence-electron chi connectivity index (χ2n) is 7.26. The fourth-order valence-electron chi connectivity index (χ4n) is 2.78. The molecule has 1 unspecified atom stereocenters. The first-order valence-corrected chi connectivity index (χ1v) is 7.77. The molecule has 0 aliphatic carbocycles. The van der Waals surface area contributed by atoms with Crippen LogP contribution in [-0.4, -0.2) is 36.3 Å². The van der Waals surface area contributed by atoms with Gasteiger partial charge in [-0.25, -0.2) is 0 Å². The topological polar surface area (TPSA) is 47.6 Å². The maximum atomic E-state index is 12.8. The van der Waals surface area contributed by atoms with Crippen LogP contribution in [-0.2, 0) is 9.31 Å². The van der Waals surface area contributed by atoms with Gasteiger partial charge in [0.2, 0.25) is 0 Å². The number of fused-ring (bicyclic) bond motifs is 1. The third-order valence-corrected chi connectivity index (χ3v) is 4.98. The summed E-state index contributed by atoms with van der Waals surface area (Å²) in [6.45, 7) is 7.64. The van der Waals surface area contributed by atoms with E-state index in [0.29, 0.717) is 5.46 Å². The molecule has 1 saturated heterocycles. The highest BCUT2D eigenvalue weighted by Gasteiger charge is 2.52. The van der Waals surface area contributed by atoms with Crippen LogP contribution in [0.25, 0.3) is 0 Å². The lowest BCUT2D eigenvalue weighted by Crippen LogP contribution is -2.42. The Morgan fingerprint density at radius 1 is 1.17 bits per heavy atom. The van der Waals surface area contributed by atoms with Gasteiger partial charge in [-0.1, -0.05) is 6.07 Å². The highest BCUT2D eigenvalue weighted by atomic mass is 19.4. The van der Waals surface area contributed by atoms with E-state index in [2.05, 4.69) is 5.32 Å². The van der Waals surface area contributed by atoms with Gasteiger partial charge in [-0.3, -0.25) is 4.79 Å². The van der Waals surface area contributed by atoms with Gasteiger partial charge in [0.25, 0.3) is 0 Å². The monoisotopic (exact) mass is 341 g/mol. The van der Waals surface area contributed by atoms with Gasteiger partial charge in [0, 0.05) is 17.7 Å². The molecular formula is C16H19BF3NO3. The summed E-state index contributed by atoms with van der Waals surface area (Å²) in [5.74, 6) is -0.538. The Morgan fingerprint density at radius 3 is 2.29 bits per heavy atom. The first-order chi connectivity index (χ1) is 10.9. The van der Waals surface area contributed by atoms with Crippen LogP contribution in [0.4, 0.5) is 18.9 Å². The van der Waals surface area contributed by atoms with Crippen molar-refractivity contribution in [3.05, 3.63) is 23.8 Å². The van der Waals surface area contributed by atoms with Crippen LogP contribution in [0.1, 0.15) is 44.5 Å². The standard InChI is InChI=1S/C16H19BF3NO3/c1-14(2)15(3,4)24-17(23-14)9-5-6-11-10(7-9)12(22)8-13(21-11)16(18,19)20/h5-7,13,21H,8H2,1-4H3. The Labute approximate surface area is 138 Å². The van der Waals surface area contributed by atoms with Gasteiger partial charge in [-0.05, 0) is 45.3 Å². The summed E-state index contributed by atoms with van der Waals surface area (Å²) < 4.78 is 50.4. The van der Waals surface area contributed by atoms with Crippen molar-refractivity contribution >= 4 is 24.1 Å². The minimum Gasteiger partial charge on any atom is -0.399 e. The molecule has 1 atom stereocenters. The van der Waals surface area contributed by atoms with E-state index in [1.807, 2.05) is 27.7 Å². The second-order valence-corrected chi connectivity index (χ2v) is 7.26. The van der Waals surface area contributed by atoms with Crippen LogP contribution >= 0.6 is 0 Å². The average Bonchev–Trinajstić information content (AvgIpc) is 2.66. The molecule has 0 aromatic heterocycles. The molecule has 2 heterocycles. The molecule has 2 aliphatic heterocycles. The predicted octanol–water partition coefficient (Wildman–Crippen LogP) is 2.92. The fourth-order valence-corrected chi connectivity index (χ4v) is 2.78. The Kier molecular flexibility index (Phi) is 3.77. The first-order valence-electron chi connectivity index (χ1n) is 7.77. The number of benzene rings is 1. The molecule has 1 fully saturated rings. The Bertz CT molecular complexity index is 672. The number of halogens is 3. The van der Waals surface area contributed by atoms with Crippen molar-refractivity contribution in [3.8, 4) is 0 Å². The van der Waals surface area contributed by atoms with Crippen LogP contribution in [0, 0.1) is 0 Å². The Hall–Kier alpha value is -1.54. The lowest BCUT2D eigenvalue weighted by Gasteiger charge is -2.32. The Morgan fingerprint density at radius 2 is 1.75 bits per heavy atom. The summed E-state index contributed by atoms with van der Waals surface area (Å²) in [6.07, 6.45) is -5.07. The summed E-state index contributed by atoms with van der Waals surface area (Å²) in [6, 6.07) is 2.81. The number of alkyl halides is 3. The number of ketones is 1. The zero-order valence-electron chi connectivity index (χ0n) is 14.0. The number of rotatable bonds is 1. The molecule has 1 aromatic carbocycles. The van der Waals surface area contributed by atoms with E-state index >= 15 is 0 Å². The number of hydrogen-bond acceptors (Lipinski definition) is 4. The van der Waals surface area contributed by atoms with Gasteiger partial charge < -0.3 is 14.6 Å². The number of Topliss-reactive ketones (excluding diaryl/α,β-unsaturated/α-hetero) is 1. The molecule has 4 nitrogen and oxygen atoms in total. The normalized spacial score (nSPS) is 25.4. The van der Waals surface area contributed by atoms with E-state index in [1.54, 1.807) is 12.1 Å². The molecule has 0 amide bonds. The molecule has 0 spiro atoms. The molecule has 130 valence electrons. The summed E-state index contributed by atoms with van der Waals surface area (Å²) in [4.78, 5) is 12.1. The van der Waals surface area contributed by atoms with Crippen molar-refractivity contribution in [2.75, 3.05) is 5.32 Å². The number of nitrogens with one attached hydrogen (secondary N) is 1. The van der Waals surface area contributed by atoms with Gasteiger partial charge >= 0.3 is 13.3 Å². The SMILES string of the molecule is CC1(C)OB(c2ccc3c(c2)C(=O)CC(C(F)(F)F)N3)OC1(C)C. The molecule has 0 radical (unpaired) electrons. The summed E-state index contributed by atoms with van der Waals surface area (Å²) in [7, 11) is -0.659. The largest absolute Gasteiger partial charge is 0.494 e. The molecule has 3 rings (SSSR count). The van der Waals surface area contributed by atoms with Crippen LogP contribution < -0.4 is 10.8 Å². The highest BCUT2D eigenvalue weighted by Crippen LogP contribution is 2.37. The second kappa shape index (κ2) is 5.23. The molecule has 1 N–H and O–H groups in total. The van der Waals surface area contributed by atoms with Crippen LogP contribution in [0.3, 0.4) is 0 Å². The van der Waals surface area contributed by atoms with E-state index < -0.39 is 42.7 Å². The quantitative estimate of drug-likeness (QED) is 0.798. The molecule has 2 aliphatic rings. The zero-order valence-corrected chi connectivity index (χ0v) is 14.0. The van der Waals surface area contributed by atoms with Gasteiger partial charge in [-0.2, -0.15) is 13.2 Å². The number of carbonyl (C=O) groups is 1. The van der Waals surface area contributed by atoms with Gasteiger partial charge in [0.1, 0.15) is 6.04 Å². The molecule has 1 aromatic rings. The fraction of sp³-hybridized carbons (Fsp3) is 0.562. The number of carbonyl (C=O) groups excluding carboxylic acids is 1. The minimum atomic E-state index is -4.46. The summed E-state index contributed by atoms with van der Waals surface area (Å²) in [5.41, 5.74) is -0.0152. The number of hydrogen-bond donors (Lipinski definition) is 1. The van der Waals surface area contributed by atoms with Crippen molar-refractivity contribution in [2.45, 2.75) is 57.5 Å². The van der Waals surface area contributed by atoms with Gasteiger partial charge in [0.05, 0.1) is 11.2 Å².